The first-order chi connectivity index (χ1) is 10.0. The molecule has 1 aromatic carbocycles. The standard InChI is InChI=1S/C15H20N4O2/c1-4-10(2)21-12-7-5-6-11(8-12)18-15(20)14-13(16)9-17-19(14)3/h5-10H,4,16H2,1-3H3,(H,18,20). The zero-order chi connectivity index (χ0) is 15.4. The Morgan fingerprint density at radius 1 is 1.52 bits per heavy atom. The fourth-order valence-electron chi connectivity index (χ4n) is 1.89. The summed E-state index contributed by atoms with van der Waals surface area (Å²) < 4.78 is 7.18. The van der Waals surface area contributed by atoms with Crippen molar-refractivity contribution in [1.29, 1.82) is 0 Å². The van der Waals surface area contributed by atoms with Crippen LogP contribution in [0.5, 0.6) is 5.75 Å². The molecule has 1 amide bonds. The molecular formula is C15H20N4O2. The lowest BCUT2D eigenvalue weighted by Crippen LogP contribution is -2.17. The highest BCUT2D eigenvalue weighted by Gasteiger charge is 2.15. The van der Waals surface area contributed by atoms with Crippen LogP contribution in [0.1, 0.15) is 30.8 Å². The molecule has 0 radical (unpaired) electrons. The van der Waals surface area contributed by atoms with E-state index in [-0.39, 0.29) is 12.0 Å². The average Bonchev–Trinajstić information content (AvgIpc) is 2.78. The van der Waals surface area contributed by atoms with Crippen LogP contribution in [-0.4, -0.2) is 21.8 Å². The number of nitrogens with one attached hydrogen (secondary N) is 1. The lowest BCUT2D eigenvalue weighted by atomic mass is 10.2. The molecule has 3 N–H and O–H groups in total. The maximum Gasteiger partial charge on any atom is 0.276 e. The van der Waals surface area contributed by atoms with Crippen LogP contribution < -0.4 is 15.8 Å². The van der Waals surface area contributed by atoms with Gasteiger partial charge in [-0.3, -0.25) is 9.48 Å². The lowest BCUT2D eigenvalue weighted by Gasteiger charge is -2.13. The largest absolute Gasteiger partial charge is 0.491 e. The summed E-state index contributed by atoms with van der Waals surface area (Å²) in [5, 5.41) is 6.75. The van der Waals surface area contributed by atoms with E-state index < -0.39 is 0 Å². The number of hydrogen-bond donors (Lipinski definition) is 2. The van der Waals surface area contributed by atoms with Crippen LogP contribution in [-0.2, 0) is 7.05 Å². The number of nitrogens with two attached hydrogens (primary N) is 1. The zero-order valence-corrected chi connectivity index (χ0v) is 12.5. The molecule has 1 heterocycles. The fourth-order valence-corrected chi connectivity index (χ4v) is 1.89. The van der Waals surface area contributed by atoms with Crippen LogP contribution in [0.2, 0.25) is 0 Å². The number of rotatable bonds is 5. The summed E-state index contributed by atoms with van der Waals surface area (Å²) >= 11 is 0. The van der Waals surface area contributed by atoms with Crippen LogP contribution in [0.3, 0.4) is 0 Å². The number of carbonyl (C=O) groups excluding carboxylic acids is 1. The molecule has 1 atom stereocenters. The van der Waals surface area contributed by atoms with E-state index in [0.29, 0.717) is 17.1 Å². The summed E-state index contributed by atoms with van der Waals surface area (Å²) in [4.78, 5) is 12.2. The van der Waals surface area contributed by atoms with E-state index in [2.05, 4.69) is 17.3 Å². The number of aromatic nitrogens is 2. The smallest absolute Gasteiger partial charge is 0.276 e. The average molecular weight is 288 g/mol. The summed E-state index contributed by atoms with van der Waals surface area (Å²) in [5.41, 5.74) is 7.08. The van der Waals surface area contributed by atoms with Crippen LogP contribution in [0.25, 0.3) is 0 Å². The number of benzene rings is 1. The van der Waals surface area contributed by atoms with E-state index >= 15 is 0 Å². The highest BCUT2D eigenvalue weighted by atomic mass is 16.5. The van der Waals surface area contributed by atoms with Gasteiger partial charge in [0, 0.05) is 18.8 Å². The van der Waals surface area contributed by atoms with E-state index in [4.69, 9.17) is 10.5 Å². The van der Waals surface area contributed by atoms with Crippen LogP contribution >= 0.6 is 0 Å². The van der Waals surface area contributed by atoms with E-state index in [1.54, 1.807) is 19.2 Å². The Morgan fingerprint density at radius 2 is 2.29 bits per heavy atom. The summed E-state index contributed by atoms with van der Waals surface area (Å²) in [7, 11) is 1.67. The number of aryl methyl sites for hydroxylation is 1. The number of amides is 1. The van der Waals surface area contributed by atoms with Gasteiger partial charge in [-0.2, -0.15) is 5.10 Å². The van der Waals surface area contributed by atoms with Gasteiger partial charge >= 0.3 is 0 Å². The Balaban J connectivity index is 2.13. The van der Waals surface area contributed by atoms with E-state index in [0.717, 1.165) is 12.2 Å². The van der Waals surface area contributed by atoms with Gasteiger partial charge in [-0.05, 0) is 25.5 Å². The Hall–Kier alpha value is -2.50. The number of carbonyl (C=O) groups is 1. The third-order valence-electron chi connectivity index (χ3n) is 3.19. The second kappa shape index (κ2) is 6.30. The van der Waals surface area contributed by atoms with Gasteiger partial charge in [0.25, 0.3) is 5.91 Å². The predicted octanol–water partition coefficient (Wildman–Crippen LogP) is 2.43. The topological polar surface area (TPSA) is 82.2 Å². The van der Waals surface area contributed by atoms with Gasteiger partial charge in [-0.1, -0.05) is 13.0 Å². The molecule has 6 heteroatoms. The molecule has 0 aliphatic carbocycles. The molecule has 0 aliphatic heterocycles. The minimum atomic E-state index is -0.298. The maximum absolute atomic E-state index is 12.2. The summed E-state index contributed by atoms with van der Waals surface area (Å²) in [5.74, 6) is 0.424. The molecule has 21 heavy (non-hydrogen) atoms. The molecule has 6 nitrogen and oxygen atoms in total. The highest BCUT2D eigenvalue weighted by Crippen LogP contribution is 2.20. The molecule has 0 saturated carbocycles. The van der Waals surface area contributed by atoms with Crippen molar-refractivity contribution < 1.29 is 9.53 Å². The quantitative estimate of drug-likeness (QED) is 0.885. The van der Waals surface area contributed by atoms with Gasteiger partial charge in [-0.15, -0.1) is 0 Å². The van der Waals surface area contributed by atoms with Crippen molar-refractivity contribution in [2.75, 3.05) is 11.1 Å². The van der Waals surface area contributed by atoms with E-state index in [9.17, 15) is 4.79 Å². The van der Waals surface area contributed by atoms with Crippen LogP contribution in [0, 0.1) is 0 Å². The zero-order valence-electron chi connectivity index (χ0n) is 12.5. The minimum absolute atomic E-state index is 0.128. The first kappa shape index (κ1) is 14.9. The SMILES string of the molecule is CCC(C)Oc1cccc(NC(=O)c2c(N)cnn2C)c1. The molecule has 0 fully saturated rings. The third-order valence-corrected chi connectivity index (χ3v) is 3.19. The van der Waals surface area contributed by atoms with E-state index in [1.165, 1.54) is 10.9 Å². The number of nitrogens with zero attached hydrogens (tertiary/aromatic N) is 2. The van der Waals surface area contributed by atoms with Crippen molar-refractivity contribution in [2.45, 2.75) is 26.4 Å². The first-order valence-corrected chi connectivity index (χ1v) is 6.86. The van der Waals surface area contributed by atoms with Crippen LogP contribution in [0.4, 0.5) is 11.4 Å². The van der Waals surface area contributed by atoms with Gasteiger partial charge in [0.15, 0.2) is 0 Å². The van der Waals surface area contributed by atoms with Gasteiger partial charge in [0.1, 0.15) is 11.4 Å². The van der Waals surface area contributed by atoms with Crippen molar-refractivity contribution in [1.82, 2.24) is 9.78 Å². The molecule has 0 aliphatic rings. The molecule has 1 unspecified atom stereocenters. The Morgan fingerprint density at radius 3 is 2.90 bits per heavy atom. The second-order valence-electron chi connectivity index (χ2n) is 4.89. The maximum atomic E-state index is 12.2. The van der Waals surface area contributed by atoms with Crippen molar-refractivity contribution in [3.63, 3.8) is 0 Å². The summed E-state index contributed by atoms with van der Waals surface area (Å²) in [6, 6.07) is 7.28. The molecule has 0 saturated heterocycles. The number of hydrogen-bond acceptors (Lipinski definition) is 4. The van der Waals surface area contributed by atoms with Crippen LogP contribution in [0.15, 0.2) is 30.5 Å². The number of ether oxygens (including phenoxy) is 1. The highest BCUT2D eigenvalue weighted by molar-refractivity contribution is 6.06. The van der Waals surface area contributed by atoms with Gasteiger partial charge in [0.05, 0.1) is 18.0 Å². The van der Waals surface area contributed by atoms with Crippen molar-refractivity contribution in [3.05, 3.63) is 36.2 Å². The van der Waals surface area contributed by atoms with Crippen molar-refractivity contribution in [2.24, 2.45) is 7.05 Å². The molecule has 0 bridgehead atoms. The van der Waals surface area contributed by atoms with Gasteiger partial charge in [0.2, 0.25) is 0 Å². The predicted molar refractivity (Wildman–Crippen MR) is 82.4 cm³/mol. The third kappa shape index (κ3) is 3.53. The molecule has 2 rings (SSSR count). The molecular weight excluding hydrogens is 268 g/mol. The Bertz CT molecular complexity index is 617. The lowest BCUT2D eigenvalue weighted by molar-refractivity contribution is 0.101. The Kier molecular flexibility index (Phi) is 4.47. The molecule has 0 spiro atoms. The number of nitrogen functional groups attached to an aromatic ring is 1. The van der Waals surface area contributed by atoms with Gasteiger partial charge < -0.3 is 15.8 Å². The van der Waals surface area contributed by atoms with E-state index in [1.807, 2.05) is 19.1 Å². The second-order valence-corrected chi connectivity index (χ2v) is 4.89. The molecule has 2 aromatic rings. The molecule has 1 aromatic heterocycles. The monoisotopic (exact) mass is 288 g/mol. The normalized spacial score (nSPS) is 12.0. The fraction of sp³-hybridized carbons (Fsp3) is 0.333. The first-order valence-electron chi connectivity index (χ1n) is 6.86. The summed E-state index contributed by atoms with van der Waals surface area (Å²) in [6.45, 7) is 4.06. The van der Waals surface area contributed by atoms with Crippen molar-refractivity contribution >= 4 is 17.3 Å². The van der Waals surface area contributed by atoms with Crippen molar-refractivity contribution in [3.8, 4) is 5.75 Å². The molecule has 112 valence electrons. The Labute approximate surface area is 123 Å². The minimum Gasteiger partial charge on any atom is -0.491 e. The summed E-state index contributed by atoms with van der Waals surface area (Å²) in [6.07, 6.45) is 2.50. The van der Waals surface area contributed by atoms with Gasteiger partial charge in [-0.25, -0.2) is 0 Å². The number of anilines is 2.